The van der Waals surface area contributed by atoms with Crippen molar-refractivity contribution < 1.29 is 0 Å². The zero-order chi connectivity index (χ0) is 13.0. The van der Waals surface area contributed by atoms with Gasteiger partial charge in [0.25, 0.3) is 0 Å². The third kappa shape index (κ3) is 3.12. The highest BCUT2D eigenvalue weighted by molar-refractivity contribution is 5.10. The lowest BCUT2D eigenvalue weighted by atomic mass is 10.1. The molecular weight excluding hydrogens is 224 g/mol. The van der Waals surface area contributed by atoms with Crippen molar-refractivity contribution in [1.29, 1.82) is 0 Å². The number of aromatic nitrogens is 2. The van der Waals surface area contributed by atoms with Gasteiger partial charge in [0.05, 0.1) is 11.4 Å². The van der Waals surface area contributed by atoms with Crippen molar-refractivity contribution in [2.45, 2.75) is 45.7 Å². The fourth-order valence-electron chi connectivity index (χ4n) is 2.74. The molecule has 2 heterocycles. The van der Waals surface area contributed by atoms with Crippen molar-refractivity contribution in [2.24, 2.45) is 7.05 Å². The van der Waals surface area contributed by atoms with E-state index in [-0.39, 0.29) is 0 Å². The van der Waals surface area contributed by atoms with Gasteiger partial charge in [-0.15, -0.1) is 0 Å². The van der Waals surface area contributed by atoms with E-state index in [1.165, 1.54) is 30.8 Å². The van der Waals surface area contributed by atoms with Crippen LogP contribution in [0.3, 0.4) is 0 Å². The van der Waals surface area contributed by atoms with Crippen LogP contribution in [-0.4, -0.2) is 40.4 Å². The van der Waals surface area contributed by atoms with E-state index in [9.17, 15) is 0 Å². The number of piperidine rings is 1. The zero-order valence-electron chi connectivity index (χ0n) is 11.9. The highest BCUT2D eigenvalue weighted by atomic mass is 15.3. The fourth-order valence-corrected chi connectivity index (χ4v) is 2.74. The van der Waals surface area contributed by atoms with Crippen LogP contribution in [0.4, 0.5) is 0 Å². The molecule has 0 aliphatic carbocycles. The molecule has 1 saturated heterocycles. The quantitative estimate of drug-likeness (QED) is 0.861. The highest BCUT2D eigenvalue weighted by Gasteiger charge is 2.20. The second-order valence-electron chi connectivity index (χ2n) is 5.17. The first kappa shape index (κ1) is 13.6. The molecule has 0 spiro atoms. The maximum absolute atomic E-state index is 4.54. The predicted octanol–water partition coefficient (Wildman–Crippen LogP) is 1.56. The minimum Gasteiger partial charge on any atom is -0.315 e. The van der Waals surface area contributed by atoms with Gasteiger partial charge in [-0.1, -0.05) is 13.8 Å². The van der Waals surface area contributed by atoms with E-state index in [2.05, 4.69) is 42.3 Å². The molecule has 0 amide bonds. The Labute approximate surface area is 110 Å². The Kier molecular flexibility index (Phi) is 4.78. The van der Waals surface area contributed by atoms with Gasteiger partial charge in [-0.25, -0.2) is 0 Å². The first-order valence-electron chi connectivity index (χ1n) is 7.21. The zero-order valence-corrected chi connectivity index (χ0v) is 11.9. The largest absolute Gasteiger partial charge is 0.315 e. The standard InChI is InChI=1S/C14H26N4/c1-4-12-9-14(17(3)16-12)11-18(5-2)13-7-6-8-15-10-13/h9,13,15H,4-8,10-11H2,1-3H3. The maximum atomic E-state index is 4.54. The summed E-state index contributed by atoms with van der Waals surface area (Å²) in [5.74, 6) is 0. The van der Waals surface area contributed by atoms with Crippen LogP contribution in [0.15, 0.2) is 6.07 Å². The van der Waals surface area contributed by atoms with Gasteiger partial charge in [-0.3, -0.25) is 9.58 Å². The molecule has 4 nitrogen and oxygen atoms in total. The third-order valence-corrected chi connectivity index (χ3v) is 3.95. The van der Waals surface area contributed by atoms with Gasteiger partial charge in [0.2, 0.25) is 0 Å². The van der Waals surface area contributed by atoms with Gasteiger partial charge >= 0.3 is 0 Å². The Morgan fingerprint density at radius 2 is 2.33 bits per heavy atom. The van der Waals surface area contributed by atoms with Crippen LogP contribution in [0, 0.1) is 0 Å². The minimum absolute atomic E-state index is 0.684. The van der Waals surface area contributed by atoms with Crippen molar-refractivity contribution in [1.82, 2.24) is 20.0 Å². The molecule has 1 aliphatic rings. The molecule has 1 fully saturated rings. The lowest BCUT2D eigenvalue weighted by molar-refractivity contribution is 0.162. The second kappa shape index (κ2) is 6.34. The summed E-state index contributed by atoms with van der Waals surface area (Å²) >= 11 is 0. The van der Waals surface area contributed by atoms with Gasteiger partial charge < -0.3 is 5.32 Å². The van der Waals surface area contributed by atoms with Gasteiger partial charge in [0.15, 0.2) is 0 Å². The maximum Gasteiger partial charge on any atom is 0.0625 e. The summed E-state index contributed by atoms with van der Waals surface area (Å²) in [6.07, 6.45) is 3.64. The number of hydrogen-bond donors (Lipinski definition) is 1. The Morgan fingerprint density at radius 1 is 1.50 bits per heavy atom. The monoisotopic (exact) mass is 250 g/mol. The average Bonchev–Trinajstić information content (AvgIpc) is 2.77. The lowest BCUT2D eigenvalue weighted by Gasteiger charge is -2.33. The fraction of sp³-hybridized carbons (Fsp3) is 0.786. The number of likely N-dealkylation sites (N-methyl/N-ethyl adjacent to an activating group) is 1. The van der Waals surface area contributed by atoms with E-state index in [1.54, 1.807) is 0 Å². The van der Waals surface area contributed by atoms with Crippen LogP contribution in [-0.2, 0) is 20.0 Å². The van der Waals surface area contributed by atoms with Crippen LogP contribution < -0.4 is 5.32 Å². The molecule has 0 aromatic carbocycles. The molecule has 0 saturated carbocycles. The Hall–Kier alpha value is -0.870. The second-order valence-corrected chi connectivity index (χ2v) is 5.17. The summed E-state index contributed by atoms with van der Waals surface area (Å²) in [7, 11) is 2.06. The average molecular weight is 250 g/mol. The van der Waals surface area contributed by atoms with E-state index in [1.807, 2.05) is 4.68 Å². The summed E-state index contributed by atoms with van der Waals surface area (Å²) in [6, 6.07) is 2.93. The summed E-state index contributed by atoms with van der Waals surface area (Å²) in [5.41, 5.74) is 2.53. The number of aryl methyl sites for hydroxylation is 2. The van der Waals surface area contributed by atoms with Gasteiger partial charge in [0.1, 0.15) is 0 Å². The predicted molar refractivity (Wildman–Crippen MR) is 74.6 cm³/mol. The molecule has 0 bridgehead atoms. The van der Waals surface area contributed by atoms with E-state index in [4.69, 9.17) is 0 Å². The molecule has 1 N–H and O–H groups in total. The van der Waals surface area contributed by atoms with Crippen molar-refractivity contribution in [3.63, 3.8) is 0 Å². The van der Waals surface area contributed by atoms with Crippen molar-refractivity contribution >= 4 is 0 Å². The summed E-state index contributed by atoms with van der Waals surface area (Å²) in [5, 5.41) is 8.04. The van der Waals surface area contributed by atoms with Crippen LogP contribution in [0.5, 0.6) is 0 Å². The summed E-state index contributed by atoms with van der Waals surface area (Å²) in [4.78, 5) is 2.57. The SMILES string of the molecule is CCc1cc(CN(CC)C2CCCNC2)n(C)n1. The molecule has 4 heteroatoms. The highest BCUT2D eigenvalue weighted by Crippen LogP contribution is 2.14. The van der Waals surface area contributed by atoms with E-state index >= 15 is 0 Å². The molecule has 1 atom stereocenters. The number of rotatable bonds is 5. The van der Waals surface area contributed by atoms with Crippen LogP contribution in [0.2, 0.25) is 0 Å². The van der Waals surface area contributed by atoms with Crippen molar-refractivity contribution in [3.05, 3.63) is 17.5 Å². The molecule has 1 aromatic heterocycles. The van der Waals surface area contributed by atoms with E-state index in [0.29, 0.717) is 6.04 Å². The van der Waals surface area contributed by atoms with Crippen LogP contribution >= 0.6 is 0 Å². The van der Waals surface area contributed by atoms with Gasteiger partial charge in [0, 0.05) is 26.2 Å². The Morgan fingerprint density at radius 3 is 2.89 bits per heavy atom. The first-order chi connectivity index (χ1) is 8.74. The van der Waals surface area contributed by atoms with Gasteiger partial charge in [-0.2, -0.15) is 5.10 Å². The van der Waals surface area contributed by atoms with Crippen LogP contribution in [0.1, 0.15) is 38.1 Å². The normalized spacial score (nSPS) is 20.6. The van der Waals surface area contributed by atoms with Crippen molar-refractivity contribution in [3.8, 4) is 0 Å². The smallest absolute Gasteiger partial charge is 0.0625 e. The molecule has 1 aromatic rings. The number of hydrogen-bond acceptors (Lipinski definition) is 3. The third-order valence-electron chi connectivity index (χ3n) is 3.95. The molecule has 1 unspecified atom stereocenters. The molecule has 18 heavy (non-hydrogen) atoms. The first-order valence-corrected chi connectivity index (χ1v) is 7.21. The molecule has 0 radical (unpaired) electrons. The molecular formula is C14H26N4. The minimum atomic E-state index is 0.684. The topological polar surface area (TPSA) is 33.1 Å². The van der Waals surface area contributed by atoms with Gasteiger partial charge in [-0.05, 0) is 38.4 Å². The summed E-state index contributed by atoms with van der Waals surface area (Å²) in [6.45, 7) is 8.86. The number of nitrogens with zero attached hydrogens (tertiary/aromatic N) is 3. The summed E-state index contributed by atoms with van der Waals surface area (Å²) < 4.78 is 2.04. The number of nitrogens with one attached hydrogen (secondary N) is 1. The van der Waals surface area contributed by atoms with E-state index < -0.39 is 0 Å². The molecule has 2 rings (SSSR count). The lowest BCUT2D eigenvalue weighted by Crippen LogP contribution is -2.45. The van der Waals surface area contributed by atoms with Crippen LogP contribution in [0.25, 0.3) is 0 Å². The van der Waals surface area contributed by atoms with Crippen molar-refractivity contribution in [2.75, 3.05) is 19.6 Å². The Balaban J connectivity index is 2.02. The molecule has 1 aliphatic heterocycles. The molecule has 102 valence electrons. The van der Waals surface area contributed by atoms with E-state index in [0.717, 1.165) is 26.1 Å². The Bertz CT molecular complexity index is 366.